The number of carbonyl (C=O) groups is 1. The fraction of sp³-hybridized carbons (Fsp3) is 0.138. The molecule has 0 radical (unpaired) electrons. The zero-order chi connectivity index (χ0) is 25.4. The van der Waals surface area contributed by atoms with Crippen LogP contribution in [0.2, 0.25) is 0 Å². The Balaban J connectivity index is 1.44. The third kappa shape index (κ3) is 6.52. The van der Waals surface area contributed by atoms with Crippen molar-refractivity contribution in [3.05, 3.63) is 120 Å². The number of rotatable bonds is 10. The van der Waals surface area contributed by atoms with Crippen LogP contribution in [0.15, 0.2) is 109 Å². The van der Waals surface area contributed by atoms with E-state index in [0.717, 1.165) is 22.4 Å². The summed E-state index contributed by atoms with van der Waals surface area (Å²) in [7, 11) is -3.57. The molecule has 4 aromatic carbocycles. The molecule has 0 aliphatic rings. The van der Waals surface area contributed by atoms with Gasteiger partial charge in [0.2, 0.25) is 10.0 Å². The van der Waals surface area contributed by atoms with Gasteiger partial charge in [-0.25, -0.2) is 8.42 Å². The Labute approximate surface area is 212 Å². The predicted octanol–water partition coefficient (Wildman–Crippen LogP) is 5.13. The molecule has 0 aliphatic heterocycles. The van der Waals surface area contributed by atoms with Gasteiger partial charge in [-0.2, -0.15) is 0 Å². The number of nitrogens with one attached hydrogen (secondary N) is 1. The molecule has 6 nitrogen and oxygen atoms in total. The van der Waals surface area contributed by atoms with Crippen LogP contribution in [-0.4, -0.2) is 33.7 Å². The standard InChI is InChI=1S/C29H28N2O4S/c1-36(33,34)31(28-15-9-8-14-27(28)24-10-4-2-5-11-24)22-23-16-18-25(19-17-23)29(32)30-20-21-35-26-12-6-3-7-13-26/h2-19H,20-22H2,1H3,(H,30,32). The van der Waals surface area contributed by atoms with Crippen molar-refractivity contribution in [2.24, 2.45) is 0 Å². The molecule has 0 bridgehead atoms. The summed E-state index contributed by atoms with van der Waals surface area (Å²) in [6, 6.07) is 33.5. The van der Waals surface area contributed by atoms with Crippen LogP contribution >= 0.6 is 0 Å². The van der Waals surface area contributed by atoms with Gasteiger partial charge in [0.1, 0.15) is 12.4 Å². The molecule has 1 amide bonds. The number of amides is 1. The summed E-state index contributed by atoms with van der Waals surface area (Å²) >= 11 is 0. The molecule has 36 heavy (non-hydrogen) atoms. The van der Waals surface area contributed by atoms with Gasteiger partial charge in [-0.15, -0.1) is 0 Å². The van der Waals surface area contributed by atoms with Gasteiger partial charge in [0.25, 0.3) is 5.91 Å². The lowest BCUT2D eigenvalue weighted by atomic mass is 10.0. The smallest absolute Gasteiger partial charge is 0.251 e. The minimum atomic E-state index is -3.57. The zero-order valence-corrected chi connectivity index (χ0v) is 20.8. The first kappa shape index (κ1) is 25.0. The number of anilines is 1. The van der Waals surface area contributed by atoms with Gasteiger partial charge in [-0.05, 0) is 41.5 Å². The fourth-order valence-corrected chi connectivity index (χ4v) is 4.71. The number of nitrogens with zero attached hydrogens (tertiary/aromatic N) is 1. The van der Waals surface area contributed by atoms with Gasteiger partial charge < -0.3 is 10.1 Å². The molecule has 184 valence electrons. The highest BCUT2D eigenvalue weighted by atomic mass is 32.2. The topological polar surface area (TPSA) is 75.7 Å². The maximum atomic E-state index is 12.8. The van der Waals surface area contributed by atoms with Crippen molar-refractivity contribution < 1.29 is 17.9 Å². The van der Waals surface area contributed by atoms with Crippen LogP contribution in [0.5, 0.6) is 5.75 Å². The van der Waals surface area contributed by atoms with Crippen LogP contribution in [0.1, 0.15) is 15.9 Å². The fourth-order valence-electron chi connectivity index (χ4n) is 3.81. The second-order valence-electron chi connectivity index (χ2n) is 8.27. The highest BCUT2D eigenvalue weighted by Gasteiger charge is 2.21. The average molecular weight is 501 g/mol. The van der Waals surface area contributed by atoms with Crippen molar-refractivity contribution in [3.8, 4) is 16.9 Å². The Bertz CT molecular complexity index is 1390. The minimum Gasteiger partial charge on any atom is -0.492 e. The Morgan fingerprint density at radius 3 is 2.08 bits per heavy atom. The number of sulfonamides is 1. The number of para-hydroxylation sites is 2. The van der Waals surface area contributed by atoms with Crippen LogP contribution in [0, 0.1) is 0 Å². The maximum Gasteiger partial charge on any atom is 0.251 e. The molecular weight excluding hydrogens is 472 g/mol. The molecule has 0 atom stereocenters. The van der Waals surface area contributed by atoms with E-state index in [-0.39, 0.29) is 12.5 Å². The molecule has 7 heteroatoms. The monoisotopic (exact) mass is 500 g/mol. The highest BCUT2D eigenvalue weighted by Crippen LogP contribution is 2.33. The summed E-state index contributed by atoms with van der Waals surface area (Å²) < 4.78 is 32.6. The van der Waals surface area contributed by atoms with Crippen molar-refractivity contribution in [1.82, 2.24) is 5.32 Å². The second-order valence-corrected chi connectivity index (χ2v) is 10.2. The lowest BCUT2D eigenvalue weighted by Crippen LogP contribution is -2.30. The number of hydrogen-bond acceptors (Lipinski definition) is 4. The van der Waals surface area contributed by atoms with E-state index in [1.54, 1.807) is 24.3 Å². The minimum absolute atomic E-state index is 0.148. The molecular formula is C29H28N2O4S. The van der Waals surface area contributed by atoms with Gasteiger partial charge in [0, 0.05) is 11.1 Å². The number of hydrogen-bond donors (Lipinski definition) is 1. The Morgan fingerprint density at radius 2 is 1.42 bits per heavy atom. The molecule has 0 fully saturated rings. The third-order valence-corrected chi connectivity index (χ3v) is 6.73. The Kier molecular flexibility index (Phi) is 8.02. The van der Waals surface area contributed by atoms with Crippen LogP contribution < -0.4 is 14.4 Å². The van der Waals surface area contributed by atoms with Gasteiger partial charge in [-0.1, -0.05) is 78.9 Å². The summed E-state index contributed by atoms with van der Waals surface area (Å²) in [5.74, 6) is 0.535. The lowest BCUT2D eigenvalue weighted by molar-refractivity contribution is 0.0947. The van der Waals surface area contributed by atoms with E-state index in [1.165, 1.54) is 10.6 Å². The third-order valence-electron chi connectivity index (χ3n) is 5.60. The van der Waals surface area contributed by atoms with Crippen molar-refractivity contribution in [3.63, 3.8) is 0 Å². The molecule has 4 aromatic rings. The second kappa shape index (κ2) is 11.6. The molecule has 1 N–H and O–H groups in total. The SMILES string of the molecule is CS(=O)(=O)N(Cc1ccc(C(=O)NCCOc2ccccc2)cc1)c1ccccc1-c1ccccc1. The molecule has 0 unspecified atom stereocenters. The van der Waals surface area contributed by atoms with E-state index in [4.69, 9.17) is 4.74 Å². The van der Waals surface area contributed by atoms with Gasteiger partial charge >= 0.3 is 0 Å². The molecule has 0 aliphatic carbocycles. The quantitative estimate of drug-likeness (QED) is 0.306. The van der Waals surface area contributed by atoms with Gasteiger partial charge in [0.15, 0.2) is 0 Å². The summed E-state index contributed by atoms with van der Waals surface area (Å²) in [6.45, 7) is 0.876. The predicted molar refractivity (Wildman–Crippen MR) is 144 cm³/mol. The van der Waals surface area contributed by atoms with Gasteiger partial charge in [-0.3, -0.25) is 9.10 Å². The first-order valence-electron chi connectivity index (χ1n) is 11.6. The van der Waals surface area contributed by atoms with Crippen LogP contribution in [0.3, 0.4) is 0 Å². The average Bonchev–Trinajstić information content (AvgIpc) is 2.90. The molecule has 0 saturated carbocycles. The normalized spacial score (nSPS) is 11.0. The van der Waals surface area contributed by atoms with E-state index in [1.807, 2.05) is 84.9 Å². The molecule has 4 rings (SSSR count). The highest BCUT2D eigenvalue weighted by molar-refractivity contribution is 7.92. The summed E-state index contributed by atoms with van der Waals surface area (Å²) in [5, 5.41) is 2.83. The van der Waals surface area contributed by atoms with E-state index < -0.39 is 10.0 Å². The summed E-state index contributed by atoms with van der Waals surface area (Å²) in [4.78, 5) is 12.5. The van der Waals surface area contributed by atoms with Crippen molar-refractivity contribution in [1.29, 1.82) is 0 Å². The Hall–Kier alpha value is -4.10. The van der Waals surface area contributed by atoms with Crippen molar-refractivity contribution >= 4 is 21.6 Å². The zero-order valence-electron chi connectivity index (χ0n) is 20.0. The largest absolute Gasteiger partial charge is 0.492 e. The first-order valence-corrected chi connectivity index (χ1v) is 13.4. The first-order chi connectivity index (χ1) is 17.4. The molecule has 0 aromatic heterocycles. The summed E-state index contributed by atoms with van der Waals surface area (Å²) in [6.07, 6.45) is 1.20. The maximum absolute atomic E-state index is 12.8. The summed E-state index contributed by atoms with van der Waals surface area (Å²) in [5.41, 5.74) is 3.63. The van der Waals surface area contributed by atoms with Gasteiger partial charge in [0.05, 0.1) is 25.0 Å². The number of carbonyl (C=O) groups excluding carboxylic acids is 1. The van der Waals surface area contributed by atoms with E-state index >= 15 is 0 Å². The van der Waals surface area contributed by atoms with Crippen molar-refractivity contribution in [2.75, 3.05) is 23.7 Å². The van der Waals surface area contributed by atoms with Crippen molar-refractivity contribution in [2.45, 2.75) is 6.54 Å². The number of benzene rings is 4. The molecule has 0 saturated heterocycles. The molecule has 0 heterocycles. The van der Waals surface area contributed by atoms with Crippen LogP contribution in [-0.2, 0) is 16.6 Å². The Morgan fingerprint density at radius 1 is 0.806 bits per heavy atom. The van der Waals surface area contributed by atoms with Crippen LogP contribution in [0.4, 0.5) is 5.69 Å². The number of ether oxygens (including phenoxy) is 1. The van der Waals surface area contributed by atoms with Crippen LogP contribution in [0.25, 0.3) is 11.1 Å². The van der Waals surface area contributed by atoms with E-state index in [2.05, 4.69) is 5.32 Å². The van der Waals surface area contributed by atoms with E-state index in [0.29, 0.717) is 24.4 Å². The molecule has 0 spiro atoms. The van der Waals surface area contributed by atoms with E-state index in [9.17, 15) is 13.2 Å². The lowest BCUT2D eigenvalue weighted by Gasteiger charge is -2.25.